The Bertz CT molecular complexity index is 634. The molecule has 0 aromatic heterocycles. The minimum atomic E-state index is -0.664. The number of nitrogens with zero attached hydrogens (tertiary/aromatic N) is 1. The van der Waals surface area contributed by atoms with Gasteiger partial charge >= 0.3 is 0 Å². The van der Waals surface area contributed by atoms with Gasteiger partial charge in [-0.3, -0.25) is 9.69 Å². The first-order chi connectivity index (χ1) is 11.1. The second-order valence-corrected chi connectivity index (χ2v) is 5.54. The van der Waals surface area contributed by atoms with Crippen LogP contribution in [0.15, 0.2) is 54.6 Å². The number of anilines is 1. The maximum atomic E-state index is 12.3. The smallest absolute Gasteiger partial charge is 0.245 e. The first-order valence-corrected chi connectivity index (χ1v) is 8.06. The van der Waals surface area contributed by atoms with Crippen LogP contribution in [0.2, 0.25) is 0 Å². The van der Waals surface area contributed by atoms with Crippen molar-refractivity contribution in [3.05, 3.63) is 65.7 Å². The summed E-state index contributed by atoms with van der Waals surface area (Å²) in [6.07, 6.45) is 0. The molecule has 0 heterocycles. The zero-order valence-corrected chi connectivity index (χ0v) is 16.3. The Morgan fingerprint density at radius 3 is 2.28 bits per heavy atom. The van der Waals surface area contributed by atoms with Gasteiger partial charge in [0.15, 0.2) is 0 Å². The molecule has 6 heteroatoms. The van der Waals surface area contributed by atoms with Gasteiger partial charge in [-0.1, -0.05) is 56.3 Å². The number of amides is 1. The maximum absolute atomic E-state index is 12.3. The van der Waals surface area contributed by atoms with Gasteiger partial charge in [-0.2, -0.15) is 0 Å². The molecule has 4 nitrogen and oxygen atoms in total. The Morgan fingerprint density at radius 1 is 1.04 bits per heavy atom. The van der Waals surface area contributed by atoms with Gasteiger partial charge in [-0.25, -0.2) is 0 Å². The lowest BCUT2D eigenvalue weighted by Crippen LogP contribution is -2.27. The standard InChI is InChI=1S/C19H25N3O.2ClH/c1-3-22(4-2)14-15-9-8-12-17(13-15)21-19(23)18(20)16-10-6-5-7-11-16;;/h5-13,18H,3-4,14,20H2,1-2H3,(H,21,23);2*1H. The molecule has 3 N–H and O–H groups in total. The predicted molar refractivity (Wildman–Crippen MR) is 110 cm³/mol. The SMILES string of the molecule is CCN(CC)Cc1cccc(NC(=O)C(N)c2ccccc2)c1.Cl.Cl. The fourth-order valence-corrected chi connectivity index (χ4v) is 2.48. The highest BCUT2D eigenvalue weighted by molar-refractivity contribution is 5.95. The summed E-state index contributed by atoms with van der Waals surface area (Å²) in [5.41, 5.74) is 8.80. The lowest BCUT2D eigenvalue weighted by molar-refractivity contribution is -0.117. The summed E-state index contributed by atoms with van der Waals surface area (Å²) in [7, 11) is 0. The van der Waals surface area contributed by atoms with E-state index in [0.29, 0.717) is 0 Å². The molecule has 1 unspecified atom stereocenters. The quantitative estimate of drug-likeness (QED) is 0.758. The topological polar surface area (TPSA) is 58.4 Å². The molecule has 0 bridgehead atoms. The van der Waals surface area contributed by atoms with Gasteiger partial charge in [0.05, 0.1) is 0 Å². The summed E-state index contributed by atoms with van der Waals surface area (Å²) < 4.78 is 0. The van der Waals surface area contributed by atoms with Crippen LogP contribution in [-0.2, 0) is 11.3 Å². The molecule has 0 fully saturated rings. The van der Waals surface area contributed by atoms with Gasteiger partial charge in [-0.15, -0.1) is 24.8 Å². The van der Waals surface area contributed by atoms with E-state index in [1.165, 1.54) is 5.56 Å². The third-order valence-electron chi connectivity index (χ3n) is 3.94. The predicted octanol–water partition coefficient (Wildman–Crippen LogP) is 4.01. The summed E-state index contributed by atoms with van der Waals surface area (Å²) >= 11 is 0. The van der Waals surface area contributed by atoms with Crippen molar-refractivity contribution in [2.24, 2.45) is 5.73 Å². The highest BCUT2D eigenvalue weighted by Gasteiger charge is 2.15. The van der Waals surface area contributed by atoms with Crippen molar-refractivity contribution in [1.29, 1.82) is 0 Å². The monoisotopic (exact) mass is 383 g/mol. The van der Waals surface area contributed by atoms with Crippen LogP contribution in [0, 0.1) is 0 Å². The van der Waals surface area contributed by atoms with E-state index in [0.717, 1.165) is 30.9 Å². The van der Waals surface area contributed by atoms with Crippen molar-refractivity contribution >= 4 is 36.4 Å². The molecule has 25 heavy (non-hydrogen) atoms. The molecule has 0 aliphatic rings. The number of carbonyl (C=O) groups is 1. The van der Waals surface area contributed by atoms with E-state index in [1.54, 1.807) is 0 Å². The molecular weight excluding hydrogens is 357 g/mol. The first kappa shape index (κ1) is 23.4. The molecule has 0 radical (unpaired) electrons. The lowest BCUT2D eigenvalue weighted by Gasteiger charge is -2.18. The summed E-state index contributed by atoms with van der Waals surface area (Å²) in [5, 5.41) is 2.91. The van der Waals surface area contributed by atoms with E-state index < -0.39 is 6.04 Å². The fourth-order valence-electron chi connectivity index (χ4n) is 2.48. The molecule has 2 aromatic rings. The van der Waals surface area contributed by atoms with Gasteiger partial charge in [0.1, 0.15) is 6.04 Å². The maximum Gasteiger partial charge on any atom is 0.245 e. The Kier molecular flexibility index (Phi) is 11.1. The van der Waals surface area contributed by atoms with Gasteiger partial charge in [0.25, 0.3) is 0 Å². The second-order valence-electron chi connectivity index (χ2n) is 5.54. The Labute approximate surface area is 162 Å². The first-order valence-electron chi connectivity index (χ1n) is 8.06. The number of halogens is 2. The number of nitrogens with one attached hydrogen (secondary N) is 1. The number of hydrogen-bond donors (Lipinski definition) is 2. The number of rotatable bonds is 7. The molecule has 0 spiro atoms. The average Bonchev–Trinajstić information content (AvgIpc) is 2.60. The third-order valence-corrected chi connectivity index (χ3v) is 3.94. The van der Waals surface area contributed by atoms with Crippen LogP contribution in [-0.4, -0.2) is 23.9 Å². The summed E-state index contributed by atoms with van der Waals surface area (Å²) in [4.78, 5) is 14.6. The second kappa shape index (κ2) is 11.9. The third kappa shape index (κ3) is 7.04. The van der Waals surface area contributed by atoms with E-state index >= 15 is 0 Å². The molecular formula is C19H27Cl2N3O. The average molecular weight is 384 g/mol. The minimum Gasteiger partial charge on any atom is -0.324 e. The molecule has 1 atom stereocenters. The number of nitrogens with two attached hydrogens (primary N) is 1. The number of carbonyl (C=O) groups excluding carboxylic acids is 1. The molecule has 0 aliphatic heterocycles. The van der Waals surface area contributed by atoms with Crippen molar-refractivity contribution in [2.45, 2.75) is 26.4 Å². The normalized spacial score (nSPS) is 11.2. The van der Waals surface area contributed by atoms with E-state index in [9.17, 15) is 4.79 Å². The van der Waals surface area contributed by atoms with Crippen LogP contribution in [0.4, 0.5) is 5.69 Å². The zero-order chi connectivity index (χ0) is 16.7. The van der Waals surface area contributed by atoms with Gasteiger partial charge in [-0.05, 0) is 36.3 Å². The van der Waals surface area contributed by atoms with Crippen molar-refractivity contribution in [1.82, 2.24) is 4.90 Å². The largest absolute Gasteiger partial charge is 0.324 e. The molecule has 0 saturated carbocycles. The highest BCUT2D eigenvalue weighted by Crippen LogP contribution is 2.16. The Hall–Kier alpha value is -1.59. The highest BCUT2D eigenvalue weighted by atomic mass is 35.5. The van der Waals surface area contributed by atoms with Gasteiger partial charge in [0, 0.05) is 12.2 Å². The Morgan fingerprint density at radius 2 is 1.68 bits per heavy atom. The molecule has 1 amide bonds. The molecule has 2 rings (SSSR count). The van der Waals surface area contributed by atoms with Crippen molar-refractivity contribution in [2.75, 3.05) is 18.4 Å². The summed E-state index contributed by atoms with van der Waals surface area (Å²) in [6.45, 7) is 7.18. The lowest BCUT2D eigenvalue weighted by atomic mass is 10.1. The number of hydrogen-bond acceptors (Lipinski definition) is 3. The van der Waals surface area contributed by atoms with Crippen molar-refractivity contribution < 1.29 is 4.79 Å². The molecule has 138 valence electrons. The summed E-state index contributed by atoms with van der Waals surface area (Å²) in [5.74, 6) is -0.198. The molecule has 0 aliphatic carbocycles. The van der Waals surface area contributed by atoms with Crippen LogP contribution < -0.4 is 11.1 Å². The minimum absolute atomic E-state index is 0. The van der Waals surface area contributed by atoms with E-state index in [4.69, 9.17) is 5.73 Å². The van der Waals surface area contributed by atoms with Crippen LogP contribution >= 0.6 is 24.8 Å². The fraction of sp³-hybridized carbons (Fsp3) is 0.316. The van der Waals surface area contributed by atoms with E-state index in [-0.39, 0.29) is 30.7 Å². The van der Waals surface area contributed by atoms with Crippen LogP contribution in [0.5, 0.6) is 0 Å². The molecule has 0 saturated heterocycles. The van der Waals surface area contributed by atoms with Crippen molar-refractivity contribution in [3.63, 3.8) is 0 Å². The van der Waals surface area contributed by atoms with Gasteiger partial charge in [0.2, 0.25) is 5.91 Å². The summed E-state index contributed by atoms with van der Waals surface area (Å²) in [6, 6.07) is 16.7. The van der Waals surface area contributed by atoms with E-state index in [1.807, 2.05) is 48.5 Å². The van der Waals surface area contributed by atoms with Crippen LogP contribution in [0.25, 0.3) is 0 Å². The zero-order valence-electron chi connectivity index (χ0n) is 14.6. The Balaban J connectivity index is 0.00000288. The van der Waals surface area contributed by atoms with Crippen LogP contribution in [0.3, 0.4) is 0 Å². The van der Waals surface area contributed by atoms with Crippen molar-refractivity contribution in [3.8, 4) is 0 Å². The van der Waals surface area contributed by atoms with Crippen LogP contribution in [0.1, 0.15) is 31.0 Å². The number of benzene rings is 2. The van der Waals surface area contributed by atoms with E-state index in [2.05, 4.69) is 30.1 Å². The molecule has 2 aromatic carbocycles. The van der Waals surface area contributed by atoms with Gasteiger partial charge < -0.3 is 11.1 Å².